The predicted octanol–water partition coefficient (Wildman–Crippen LogP) is 3.00. The minimum Gasteiger partial charge on any atom is -0.493 e. The van der Waals surface area contributed by atoms with Gasteiger partial charge in [-0.25, -0.2) is 0 Å². The van der Waals surface area contributed by atoms with Crippen molar-refractivity contribution in [3.63, 3.8) is 0 Å². The van der Waals surface area contributed by atoms with Crippen LogP contribution < -0.4 is 19.9 Å². The Morgan fingerprint density at radius 1 is 0.850 bits per heavy atom. The number of nitrogens with two attached hydrogens (primary N) is 1. The van der Waals surface area contributed by atoms with Crippen LogP contribution in [0.1, 0.15) is 5.56 Å². The van der Waals surface area contributed by atoms with Crippen molar-refractivity contribution in [2.75, 3.05) is 20.8 Å². The first-order valence-electron chi connectivity index (χ1n) is 6.47. The molecule has 2 aromatic carbocycles. The van der Waals surface area contributed by atoms with Crippen LogP contribution in [0.5, 0.6) is 23.0 Å². The molecular formula is C16H19NO3. The van der Waals surface area contributed by atoms with Gasteiger partial charge in [0.15, 0.2) is 11.5 Å². The molecule has 0 aliphatic carbocycles. The van der Waals surface area contributed by atoms with Gasteiger partial charge in [-0.2, -0.15) is 0 Å². The molecule has 106 valence electrons. The molecule has 0 spiro atoms. The summed E-state index contributed by atoms with van der Waals surface area (Å²) in [4.78, 5) is 0. The molecule has 0 saturated carbocycles. The van der Waals surface area contributed by atoms with E-state index in [0.717, 1.165) is 17.7 Å². The topological polar surface area (TPSA) is 53.7 Å². The summed E-state index contributed by atoms with van der Waals surface area (Å²) in [5, 5.41) is 0. The second-order valence-electron chi connectivity index (χ2n) is 4.24. The molecule has 0 bridgehead atoms. The molecular weight excluding hydrogens is 254 g/mol. The third-order valence-corrected chi connectivity index (χ3v) is 2.98. The van der Waals surface area contributed by atoms with Gasteiger partial charge in [-0.05, 0) is 36.7 Å². The summed E-state index contributed by atoms with van der Waals surface area (Å²) < 4.78 is 16.7. The highest BCUT2D eigenvalue weighted by molar-refractivity contribution is 5.53. The fourth-order valence-electron chi connectivity index (χ4n) is 1.99. The maximum atomic E-state index is 6.00. The molecule has 0 unspecified atom stereocenters. The summed E-state index contributed by atoms with van der Waals surface area (Å²) in [7, 11) is 3.21. The summed E-state index contributed by atoms with van der Waals surface area (Å²) in [5.41, 5.74) is 6.69. The Labute approximate surface area is 119 Å². The Morgan fingerprint density at radius 2 is 1.45 bits per heavy atom. The summed E-state index contributed by atoms with van der Waals surface area (Å²) >= 11 is 0. The van der Waals surface area contributed by atoms with Crippen molar-refractivity contribution in [2.24, 2.45) is 5.73 Å². The monoisotopic (exact) mass is 273 g/mol. The van der Waals surface area contributed by atoms with Gasteiger partial charge in [-0.15, -0.1) is 0 Å². The average molecular weight is 273 g/mol. The molecule has 0 radical (unpaired) electrons. The van der Waals surface area contributed by atoms with Crippen LogP contribution in [0.3, 0.4) is 0 Å². The predicted molar refractivity (Wildman–Crippen MR) is 78.8 cm³/mol. The first kappa shape index (κ1) is 14.2. The van der Waals surface area contributed by atoms with Crippen molar-refractivity contribution in [3.8, 4) is 23.0 Å². The first-order valence-corrected chi connectivity index (χ1v) is 6.47. The quantitative estimate of drug-likeness (QED) is 0.879. The third kappa shape index (κ3) is 3.03. The molecule has 20 heavy (non-hydrogen) atoms. The fraction of sp³-hybridized carbons (Fsp3) is 0.250. The van der Waals surface area contributed by atoms with Crippen LogP contribution in [0.15, 0.2) is 42.5 Å². The fourth-order valence-corrected chi connectivity index (χ4v) is 1.99. The molecule has 0 aliphatic heterocycles. The molecule has 2 rings (SSSR count). The van der Waals surface area contributed by atoms with Gasteiger partial charge < -0.3 is 19.9 Å². The van der Waals surface area contributed by atoms with E-state index in [9.17, 15) is 0 Å². The lowest BCUT2D eigenvalue weighted by molar-refractivity contribution is 0.345. The molecule has 0 fully saturated rings. The molecule has 4 heteroatoms. The van der Waals surface area contributed by atoms with Crippen LogP contribution in [0.4, 0.5) is 0 Å². The van der Waals surface area contributed by atoms with E-state index in [-0.39, 0.29) is 0 Å². The number of benzene rings is 2. The van der Waals surface area contributed by atoms with Gasteiger partial charge in [0.1, 0.15) is 5.75 Å². The van der Waals surface area contributed by atoms with Crippen LogP contribution in [-0.4, -0.2) is 20.8 Å². The zero-order chi connectivity index (χ0) is 14.4. The van der Waals surface area contributed by atoms with Gasteiger partial charge in [0.2, 0.25) is 5.75 Å². The van der Waals surface area contributed by atoms with Crippen LogP contribution in [0, 0.1) is 0 Å². The minimum absolute atomic E-state index is 0.571. The SMILES string of the molecule is COc1cccc(OC)c1Oc1ccccc1CCN. The highest BCUT2D eigenvalue weighted by atomic mass is 16.5. The van der Waals surface area contributed by atoms with Crippen molar-refractivity contribution >= 4 is 0 Å². The molecule has 2 aromatic rings. The number of ether oxygens (including phenoxy) is 3. The van der Waals surface area contributed by atoms with E-state index in [1.165, 1.54) is 0 Å². The van der Waals surface area contributed by atoms with Crippen molar-refractivity contribution in [1.82, 2.24) is 0 Å². The molecule has 0 saturated heterocycles. The Morgan fingerprint density at radius 3 is 2.05 bits per heavy atom. The molecule has 0 aliphatic rings. The van der Waals surface area contributed by atoms with Crippen LogP contribution in [0.2, 0.25) is 0 Å². The van der Waals surface area contributed by atoms with E-state index in [2.05, 4.69) is 0 Å². The number of methoxy groups -OCH3 is 2. The maximum absolute atomic E-state index is 6.00. The number of para-hydroxylation sites is 2. The van der Waals surface area contributed by atoms with Gasteiger partial charge in [0.05, 0.1) is 14.2 Å². The van der Waals surface area contributed by atoms with Crippen molar-refractivity contribution in [2.45, 2.75) is 6.42 Å². The molecule has 0 amide bonds. The Hall–Kier alpha value is -2.20. The average Bonchev–Trinajstić information content (AvgIpc) is 2.49. The van der Waals surface area contributed by atoms with E-state index >= 15 is 0 Å². The van der Waals surface area contributed by atoms with E-state index in [0.29, 0.717) is 23.8 Å². The molecule has 0 aromatic heterocycles. The van der Waals surface area contributed by atoms with E-state index in [1.54, 1.807) is 14.2 Å². The number of rotatable bonds is 6. The van der Waals surface area contributed by atoms with Crippen LogP contribution in [0.25, 0.3) is 0 Å². The van der Waals surface area contributed by atoms with E-state index < -0.39 is 0 Å². The highest BCUT2D eigenvalue weighted by Gasteiger charge is 2.13. The zero-order valence-corrected chi connectivity index (χ0v) is 11.8. The maximum Gasteiger partial charge on any atom is 0.211 e. The molecule has 0 atom stereocenters. The molecule has 2 N–H and O–H groups in total. The second kappa shape index (κ2) is 6.82. The van der Waals surface area contributed by atoms with Crippen LogP contribution in [-0.2, 0) is 6.42 Å². The van der Waals surface area contributed by atoms with Gasteiger partial charge in [-0.1, -0.05) is 24.3 Å². The van der Waals surface area contributed by atoms with Gasteiger partial charge in [0.25, 0.3) is 0 Å². The van der Waals surface area contributed by atoms with Crippen molar-refractivity contribution in [3.05, 3.63) is 48.0 Å². The largest absolute Gasteiger partial charge is 0.493 e. The van der Waals surface area contributed by atoms with Crippen molar-refractivity contribution < 1.29 is 14.2 Å². The third-order valence-electron chi connectivity index (χ3n) is 2.98. The van der Waals surface area contributed by atoms with Gasteiger partial charge in [-0.3, -0.25) is 0 Å². The van der Waals surface area contributed by atoms with E-state index in [4.69, 9.17) is 19.9 Å². The zero-order valence-electron chi connectivity index (χ0n) is 11.8. The van der Waals surface area contributed by atoms with Gasteiger partial charge >= 0.3 is 0 Å². The number of hydrogen-bond acceptors (Lipinski definition) is 4. The van der Waals surface area contributed by atoms with E-state index in [1.807, 2.05) is 42.5 Å². The highest BCUT2D eigenvalue weighted by Crippen LogP contribution is 2.40. The number of hydrogen-bond donors (Lipinski definition) is 1. The smallest absolute Gasteiger partial charge is 0.211 e. The normalized spacial score (nSPS) is 10.2. The van der Waals surface area contributed by atoms with Crippen LogP contribution >= 0.6 is 0 Å². The second-order valence-corrected chi connectivity index (χ2v) is 4.24. The molecule has 0 heterocycles. The first-order chi connectivity index (χ1) is 9.80. The Kier molecular flexibility index (Phi) is 4.85. The lowest BCUT2D eigenvalue weighted by atomic mass is 10.1. The molecule has 4 nitrogen and oxygen atoms in total. The summed E-state index contributed by atoms with van der Waals surface area (Å²) in [6.07, 6.45) is 0.758. The summed E-state index contributed by atoms with van der Waals surface area (Å²) in [6, 6.07) is 13.3. The van der Waals surface area contributed by atoms with Crippen molar-refractivity contribution in [1.29, 1.82) is 0 Å². The Bertz CT molecular complexity index is 547. The summed E-state index contributed by atoms with van der Waals surface area (Å²) in [6.45, 7) is 0.573. The standard InChI is InChI=1S/C16H19NO3/c1-18-14-8-5-9-15(19-2)16(14)20-13-7-4-3-6-12(13)10-11-17/h3-9H,10-11,17H2,1-2H3. The lowest BCUT2D eigenvalue weighted by Crippen LogP contribution is -2.04. The summed E-state index contributed by atoms with van der Waals surface area (Å²) in [5.74, 6) is 2.60. The Balaban J connectivity index is 2.39. The lowest BCUT2D eigenvalue weighted by Gasteiger charge is -2.15. The minimum atomic E-state index is 0.571. The van der Waals surface area contributed by atoms with Gasteiger partial charge in [0, 0.05) is 0 Å².